The molecule has 2 atom stereocenters. The van der Waals surface area contributed by atoms with Gasteiger partial charge in [0.25, 0.3) is 5.91 Å². The predicted octanol–water partition coefficient (Wildman–Crippen LogP) is 2.50. The molecule has 0 saturated carbocycles. The first-order valence-electron chi connectivity index (χ1n) is 7.34. The molecule has 1 aliphatic rings. The van der Waals surface area contributed by atoms with E-state index >= 15 is 0 Å². The molecule has 0 bridgehead atoms. The molecule has 0 spiro atoms. The highest BCUT2D eigenvalue weighted by atomic mass is 32.2. The van der Waals surface area contributed by atoms with Gasteiger partial charge in [-0.1, -0.05) is 12.1 Å². The number of carboxylic acids is 1. The number of hydrogen-bond acceptors (Lipinski definition) is 4. The van der Waals surface area contributed by atoms with Crippen LogP contribution in [0.15, 0.2) is 29.2 Å². The highest BCUT2D eigenvalue weighted by molar-refractivity contribution is 8.00. The van der Waals surface area contributed by atoms with E-state index in [2.05, 4.69) is 0 Å². The van der Waals surface area contributed by atoms with Gasteiger partial charge in [0.2, 0.25) is 0 Å². The molecule has 6 heteroatoms. The lowest BCUT2D eigenvalue weighted by atomic mass is 10.2. The Kier molecular flexibility index (Phi) is 5.85. The summed E-state index contributed by atoms with van der Waals surface area (Å²) in [6.07, 6.45) is 2.12. The normalized spacial score (nSPS) is 18.9. The summed E-state index contributed by atoms with van der Waals surface area (Å²) in [5, 5.41) is 8.44. The van der Waals surface area contributed by atoms with Crippen molar-refractivity contribution < 1.29 is 19.4 Å². The number of rotatable bonds is 6. The molecule has 1 aromatic carbocycles. The van der Waals surface area contributed by atoms with Gasteiger partial charge in [0.05, 0.1) is 11.7 Å². The predicted molar refractivity (Wildman–Crippen MR) is 85.3 cm³/mol. The van der Waals surface area contributed by atoms with Crippen LogP contribution in [0.2, 0.25) is 0 Å². The van der Waals surface area contributed by atoms with Gasteiger partial charge in [0.15, 0.2) is 0 Å². The van der Waals surface area contributed by atoms with Gasteiger partial charge in [-0.15, -0.1) is 11.8 Å². The summed E-state index contributed by atoms with van der Waals surface area (Å²) in [7, 11) is 1.76. The number of likely N-dealkylation sites (N-methyl/N-ethyl adjacent to an activating group) is 1. The average molecular weight is 323 g/mol. The van der Waals surface area contributed by atoms with Crippen LogP contribution in [0.1, 0.15) is 30.1 Å². The van der Waals surface area contributed by atoms with Crippen LogP contribution in [0.5, 0.6) is 0 Å². The highest BCUT2D eigenvalue weighted by Crippen LogP contribution is 2.28. The molecule has 0 radical (unpaired) electrons. The van der Waals surface area contributed by atoms with E-state index in [1.165, 1.54) is 11.8 Å². The fourth-order valence-electron chi connectivity index (χ4n) is 2.37. The van der Waals surface area contributed by atoms with Crippen molar-refractivity contribution in [2.24, 2.45) is 0 Å². The fraction of sp³-hybridized carbons (Fsp3) is 0.500. The van der Waals surface area contributed by atoms with Gasteiger partial charge >= 0.3 is 5.97 Å². The Morgan fingerprint density at radius 2 is 2.18 bits per heavy atom. The van der Waals surface area contributed by atoms with E-state index < -0.39 is 11.2 Å². The minimum absolute atomic E-state index is 0.101. The number of ether oxygens (including phenoxy) is 1. The number of thioether (sulfide) groups is 1. The number of benzene rings is 1. The van der Waals surface area contributed by atoms with E-state index in [9.17, 15) is 9.59 Å². The monoisotopic (exact) mass is 323 g/mol. The van der Waals surface area contributed by atoms with E-state index in [1.54, 1.807) is 37.1 Å². The molecule has 1 saturated heterocycles. The van der Waals surface area contributed by atoms with E-state index in [0.29, 0.717) is 17.0 Å². The Hall–Kier alpha value is -1.53. The summed E-state index contributed by atoms with van der Waals surface area (Å²) in [5.74, 6) is -0.990. The van der Waals surface area contributed by atoms with Crippen molar-refractivity contribution in [1.29, 1.82) is 0 Å². The summed E-state index contributed by atoms with van der Waals surface area (Å²) in [5.41, 5.74) is 0.543. The summed E-state index contributed by atoms with van der Waals surface area (Å²) >= 11 is 1.19. The van der Waals surface area contributed by atoms with Crippen LogP contribution in [0.4, 0.5) is 0 Å². The van der Waals surface area contributed by atoms with Crippen molar-refractivity contribution in [3.8, 4) is 0 Å². The number of nitrogens with zero attached hydrogens (tertiary/aromatic N) is 1. The minimum Gasteiger partial charge on any atom is -0.480 e. The smallest absolute Gasteiger partial charge is 0.316 e. The molecule has 0 aromatic heterocycles. The number of carboxylic acid groups (broad SMARTS) is 1. The largest absolute Gasteiger partial charge is 0.480 e. The Morgan fingerprint density at radius 3 is 2.82 bits per heavy atom. The molecule has 1 fully saturated rings. The third kappa shape index (κ3) is 4.24. The topological polar surface area (TPSA) is 66.8 Å². The van der Waals surface area contributed by atoms with Gasteiger partial charge in [-0.05, 0) is 31.9 Å². The van der Waals surface area contributed by atoms with Crippen molar-refractivity contribution in [2.45, 2.75) is 36.0 Å². The first-order valence-corrected chi connectivity index (χ1v) is 8.22. The van der Waals surface area contributed by atoms with Gasteiger partial charge in [0, 0.05) is 25.1 Å². The first kappa shape index (κ1) is 16.8. The molecule has 22 heavy (non-hydrogen) atoms. The van der Waals surface area contributed by atoms with E-state index in [0.717, 1.165) is 19.4 Å². The van der Waals surface area contributed by atoms with Crippen molar-refractivity contribution in [2.75, 3.05) is 20.2 Å². The quantitative estimate of drug-likeness (QED) is 0.815. The molecule has 5 nitrogen and oxygen atoms in total. The van der Waals surface area contributed by atoms with Gasteiger partial charge in [-0.2, -0.15) is 0 Å². The zero-order valence-corrected chi connectivity index (χ0v) is 13.6. The van der Waals surface area contributed by atoms with Crippen molar-refractivity contribution in [3.05, 3.63) is 29.8 Å². The third-order valence-electron chi connectivity index (χ3n) is 3.62. The fourth-order valence-corrected chi connectivity index (χ4v) is 3.29. The number of aliphatic carboxylic acids is 1. The van der Waals surface area contributed by atoms with E-state index in [-0.39, 0.29) is 12.0 Å². The SMILES string of the molecule is CC(Sc1ccccc1C(=O)N(C)CC1CCCO1)C(=O)O. The standard InChI is InChI=1S/C16H21NO4S/c1-11(16(19)20)22-14-8-4-3-7-13(14)15(18)17(2)10-12-6-5-9-21-12/h3-4,7-8,11-12H,5-6,9-10H2,1-2H3,(H,19,20). The van der Waals surface area contributed by atoms with Gasteiger partial charge in [-0.25, -0.2) is 0 Å². The molecule has 1 N–H and O–H groups in total. The van der Waals surface area contributed by atoms with Gasteiger partial charge in [0.1, 0.15) is 5.25 Å². The maximum absolute atomic E-state index is 12.6. The molecule has 120 valence electrons. The number of hydrogen-bond donors (Lipinski definition) is 1. The lowest BCUT2D eigenvalue weighted by Gasteiger charge is -2.22. The summed E-state index contributed by atoms with van der Waals surface area (Å²) in [6.45, 7) is 2.94. The minimum atomic E-state index is -0.889. The Bertz CT molecular complexity index is 543. The molecule has 0 aliphatic carbocycles. The second-order valence-electron chi connectivity index (χ2n) is 5.42. The van der Waals surface area contributed by atoms with Crippen LogP contribution in [0, 0.1) is 0 Å². The molecule has 2 rings (SSSR count). The van der Waals surface area contributed by atoms with Crippen LogP contribution >= 0.6 is 11.8 Å². The molecule has 2 unspecified atom stereocenters. The molecular weight excluding hydrogens is 302 g/mol. The zero-order valence-electron chi connectivity index (χ0n) is 12.8. The van der Waals surface area contributed by atoms with Crippen LogP contribution in [0.3, 0.4) is 0 Å². The maximum Gasteiger partial charge on any atom is 0.316 e. The van der Waals surface area contributed by atoms with E-state index in [4.69, 9.17) is 9.84 Å². The Labute approximate surface area is 134 Å². The number of carbonyl (C=O) groups is 2. The summed E-state index contributed by atoms with van der Waals surface area (Å²) in [4.78, 5) is 26.0. The van der Waals surface area contributed by atoms with Crippen LogP contribution in [-0.2, 0) is 9.53 Å². The highest BCUT2D eigenvalue weighted by Gasteiger charge is 2.23. The second kappa shape index (κ2) is 7.65. The molecule has 1 heterocycles. The summed E-state index contributed by atoms with van der Waals surface area (Å²) < 4.78 is 5.56. The molecule has 1 aliphatic heterocycles. The maximum atomic E-state index is 12.6. The average Bonchev–Trinajstić information content (AvgIpc) is 2.99. The van der Waals surface area contributed by atoms with Crippen LogP contribution in [0.25, 0.3) is 0 Å². The summed E-state index contributed by atoms with van der Waals surface area (Å²) in [6, 6.07) is 7.14. The first-order chi connectivity index (χ1) is 10.5. The Balaban J connectivity index is 2.09. The van der Waals surface area contributed by atoms with Crippen LogP contribution < -0.4 is 0 Å². The van der Waals surface area contributed by atoms with Crippen LogP contribution in [-0.4, -0.2) is 53.4 Å². The molecular formula is C16H21NO4S. The number of carbonyl (C=O) groups excluding carboxylic acids is 1. The lowest BCUT2D eigenvalue weighted by Crippen LogP contribution is -2.34. The molecule has 1 amide bonds. The lowest BCUT2D eigenvalue weighted by molar-refractivity contribution is -0.136. The van der Waals surface area contributed by atoms with Gasteiger partial charge < -0.3 is 14.7 Å². The van der Waals surface area contributed by atoms with Crippen molar-refractivity contribution >= 4 is 23.6 Å². The van der Waals surface area contributed by atoms with Crippen molar-refractivity contribution in [3.63, 3.8) is 0 Å². The van der Waals surface area contributed by atoms with E-state index in [1.807, 2.05) is 6.07 Å². The van der Waals surface area contributed by atoms with Gasteiger partial charge in [-0.3, -0.25) is 9.59 Å². The zero-order chi connectivity index (χ0) is 16.1. The number of amides is 1. The van der Waals surface area contributed by atoms with Crippen molar-refractivity contribution in [1.82, 2.24) is 4.90 Å². The Morgan fingerprint density at radius 1 is 1.45 bits per heavy atom. The third-order valence-corrected chi connectivity index (χ3v) is 4.78. The molecule has 1 aromatic rings. The second-order valence-corrected chi connectivity index (χ2v) is 6.80.